The van der Waals surface area contributed by atoms with Gasteiger partial charge in [-0.15, -0.1) is 0 Å². The molecule has 0 aromatic heterocycles. The van der Waals surface area contributed by atoms with E-state index in [0.29, 0.717) is 17.4 Å². The van der Waals surface area contributed by atoms with Gasteiger partial charge in [-0.3, -0.25) is 0 Å². The average molecular weight is 331 g/mol. The summed E-state index contributed by atoms with van der Waals surface area (Å²) in [5, 5.41) is 0. The molecule has 0 saturated heterocycles. The lowest BCUT2D eigenvalue weighted by molar-refractivity contribution is 0.501. The third kappa shape index (κ3) is 4.43. The lowest BCUT2D eigenvalue weighted by Gasteiger charge is -2.25. The number of rotatable bonds is 6. The molecule has 2 aromatic carbocycles. The van der Waals surface area contributed by atoms with Gasteiger partial charge in [0.05, 0.1) is 4.90 Å². The van der Waals surface area contributed by atoms with Crippen LogP contribution in [0.3, 0.4) is 0 Å². The number of hydrogen-bond donors (Lipinski definition) is 1. The van der Waals surface area contributed by atoms with Gasteiger partial charge in [-0.1, -0.05) is 70.2 Å². The molecule has 0 radical (unpaired) electrons. The summed E-state index contributed by atoms with van der Waals surface area (Å²) in [5.41, 5.74) is 1.97. The quantitative estimate of drug-likeness (QED) is 0.867. The van der Waals surface area contributed by atoms with Crippen molar-refractivity contribution in [2.75, 3.05) is 6.54 Å². The first-order valence-electron chi connectivity index (χ1n) is 7.87. The van der Waals surface area contributed by atoms with Gasteiger partial charge in [0.25, 0.3) is 0 Å². The monoisotopic (exact) mass is 331 g/mol. The van der Waals surface area contributed by atoms with Crippen molar-refractivity contribution in [2.45, 2.75) is 43.9 Å². The van der Waals surface area contributed by atoms with Crippen LogP contribution in [0.5, 0.6) is 0 Å². The van der Waals surface area contributed by atoms with Gasteiger partial charge >= 0.3 is 0 Å². The molecule has 0 unspecified atom stereocenters. The Morgan fingerprint density at radius 1 is 0.957 bits per heavy atom. The van der Waals surface area contributed by atoms with E-state index in [2.05, 4.69) is 18.6 Å². The van der Waals surface area contributed by atoms with Crippen LogP contribution in [-0.2, 0) is 15.4 Å². The molecule has 124 valence electrons. The van der Waals surface area contributed by atoms with Gasteiger partial charge in [0.2, 0.25) is 10.0 Å². The summed E-state index contributed by atoms with van der Waals surface area (Å²) in [5.74, 6) is 0.386. The Bertz CT molecular complexity index is 733. The van der Waals surface area contributed by atoms with E-state index in [1.54, 1.807) is 12.1 Å². The van der Waals surface area contributed by atoms with Crippen molar-refractivity contribution in [1.29, 1.82) is 0 Å². The zero-order chi connectivity index (χ0) is 17.1. The zero-order valence-corrected chi connectivity index (χ0v) is 15.0. The molecule has 3 nitrogen and oxygen atoms in total. The molecule has 2 aromatic rings. The van der Waals surface area contributed by atoms with E-state index in [1.165, 1.54) is 0 Å². The van der Waals surface area contributed by atoms with Crippen molar-refractivity contribution >= 4 is 10.0 Å². The third-order valence-corrected chi connectivity index (χ3v) is 5.53. The van der Waals surface area contributed by atoms with Crippen molar-refractivity contribution in [2.24, 2.45) is 0 Å². The molecule has 2 rings (SSSR count). The first kappa shape index (κ1) is 17.7. The van der Waals surface area contributed by atoms with Crippen molar-refractivity contribution in [3.8, 4) is 0 Å². The van der Waals surface area contributed by atoms with Gasteiger partial charge < -0.3 is 0 Å². The van der Waals surface area contributed by atoms with Gasteiger partial charge in [0.15, 0.2) is 0 Å². The Morgan fingerprint density at radius 3 is 2.04 bits per heavy atom. The fourth-order valence-corrected chi connectivity index (χ4v) is 3.59. The molecular weight excluding hydrogens is 306 g/mol. The fourth-order valence-electron chi connectivity index (χ4n) is 2.38. The zero-order valence-electron chi connectivity index (χ0n) is 14.2. The maximum atomic E-state index is 12.5. The van der Waals surface area contributed by atoms with E-state index in [0.717, 1.165) is 11.1 Å². The second kappa shape index (κ2) is 6.85. The predicted octanol–water partition coefficient (Wildman–Crippen LogP) is 4.07. The van der Waals surface area contributed by atoms with Crippen molar-refractivity contribution in [3.63, 3.8) is 0 Å². The molecule has 0 bridgehead atoms. The normalized spacial score (nSPS) is 12.6. The van der Waals surface area contributed by atoms with Crippen LogP contribution in [0.15, 0.2) is 59.5 Å². The topological polar surface area (TPSA) is 46.2 Å². The highest BCUT2D eigenvalue weighted by Gasteiger charge is 2.24. The van der Waals surface area contributed by atoms with Crippen LogP contribution in [-0.4, -0.2) is 15.0 Å². The Morgan fingerprint density at radius 2 is 1.52 bits per heavy atom. The summed E-state index contributed by atoms with van der Waals surface area (Å²) in [6.07, 6.45) is 0. The molecular formula is C19H25NO2S. The molecule has 0 fully saturated rings. The molecule has 0 spiro atoms. The van der Waals surface area contributed by atoms with E-state index in [1.807, 2.05) is 56.3 Å². The van der Waals surface area contributed by atoms with Gasteiger partial charge in [-0.25, -0.2) is 13.1 Å². The minimum absolute atomic E-state index is 0.272. The van der Waals surface area contributed by atoms with E-state index < -0.39 is 10.0 Å². The molecule has 0 saturated carbocycles. The Kier molecular flexibility index (Phi) is 5.27. The Balaban J connectivity index is 2.12. The van der Waals surface area contributed by atoms with Crippen LogP contribution >= 0.6 is 0 Å². The second-order valence-corrected chi connectivity index (χ2v) is 8.57. The summed E-state index contributed by atoms with van der Waals surface area (Å²) >= 11 is 0. The maximum Gasteiger partial charge on any atom is 0.240 e. The summed E-state index contributed by atoms with van der Waals surface area (Å²) in [6.45, 7) is 8.60. The molecule has 23 heavy (non-hydrogen) atoms. The van der Waals surface area contributed by atoms with Crippen LogP contribution < -0.4 is 4.72 Å². The molecule has 0 amide bonds. The van der Waals surface area contributed by atoms with Gasteiger partial charge in [-0.05, 0) is 29.2 Å². The fraction of sp³-hybridized carbons (Fsp3) is 0.368. The largest absolute Gasteiger partial charge is 0.240 e. The van der Waals surface area contributed by atoms with E-state index in [-0.39, 0.29) is 5.41 Å². The molecule has 0 aliphatic heterocycles. The summed E-state index contributed by atoms with van der Waals surface area (Å²) in [7, 11) is -3.49. The second-order valence-electron chi connectivity index (χ2n) is 6.80. The number of sulfonamides is 1. The highest BCUT2D eigenvalue weighted by Crippen LogP contribution is 2.23. The molecule has 1 N–H and O–H groups in total. The van der Waals surface area contributed by atoms with Crippen molar-refractivity contribution in [1.82, 2.24) is 4.72 Å². The number of benzene rings is 2. The smallest absolute Gasteiger partial charge is 0.210 e. The van der Waals surface area contributed by atoms with Crippen LogP contribution in [0.1, 0.15) is 44.7 Å². The first-order chi connectivity index (χ1) is 10.7. The maximum absolute atomic E-state index is 12.5. The lowest BCUT2D eigenvalue weighted by Crippen LogP contribution is -2.36. The van der Waals surface area contributed by atoms with Crippen LogP contribution in [0.4, 0.5) is 0 Å². The average Bonchev–Trinajstić information content (AvgIpc) is 2.54. The minimum Gasteiger partial charge on any atom is -0.210 e. The summed E-state index contributed by atoms with van der Waals surface area (Å²) in [4.78, 5) is 0.311. The van der Waals surface area contributed by atoms with Crippen LogP contribution in [0.2, 0.25) is 0 Å². The van der Waals surface area contributed by atoms with Crippen LogP contribution in [0.25, 0.3) is 0 Å². The van der Waals surface area contributed by atoms with Gasteiger partial charge in [-0.2, -0.15) is 0 Å². The summed E-state index contributed by atoms with van der Waals surface area (Å²) in [6, 6.07) is 17.0. The molecule has 0 aliphatic rings. The predicted molar refractivity (Wildman–Crippen MR) is 95.2 cm³/mol. The van der Waals surface area contributed by atoms with Crippen LogP contribution in [0, 0.1) is 0 Å². The van der Waals surface area contributed by atoms with Crippen molar-refractivity contribution < 1.29 is 8.42 Å². The SMILES string of the molecule is CC(C)c1ccc(S(=O)(=O)NCC(C)(C)c2ccccc2)cc1. The van der Waals surface area contributed by atoms with Crippen molar-refractivity contribution in [3.05, 3.63) is 65.7 Å². The first-order valence-corrected chi connectivity index (χ1v) is 9.36. The van der Waals surface area contributed by atoms with E-state index in [9.17, 15) is 8.42 Å². The van der Waals surface area contributed by atoms with E-state index in [4.69, 9.17) is 0 Å². The highest BCUT2D eigenvalue weighted by atomic mass is 32.2. The molecule has 4 heteroatoms. The minimum atomic E-state index is -3.49. The standard InChI is InChI=1S/C19H25NO2S/c1-15(2)16-10-12-18(13-11-16)23(21,22)20-14-19(3,4)17-8-6-5-7-9-17/h5-13,15,20H,14H2,1-4H3. The van der Waals surface area contributed by atoms with E-state index >= 15 is 0 Å². The Labute approximate surface area is 139 Å². The summed E-state index contributed by atoms with van der Waals surface area (Å²) < 4.78 is 27.7. The molecule has 0 heterocycles. The highest BCUT2D eigenvalue weighted by molar-refractivity contribution is 7.89. The molecule has 0 atom stereocenters. The Hall–Kier alpha value is -1.65. The van der Waals surface area contributed by atoms with Gasteiger partial charge in [0.1, 0.15) is 0 Å². The lowest BCUT2D eigenvalue weighted by atomic mass is 9.85. The molecule has 0 aliphatic carbocycles. The third-order valence-electron chi connectivity index (χ3n) is 4.12. The number of hydrogen-bond acceptors (Lipinski definition) is 2. The van der Waals surface area contributed by atoms with Gasteiger partial charge in [0, 0.05) is 12.0 Å². The number of nitrogens with one attached hydrogen (secondary N) is 1.